The average molecular weight is 294 g/mol. The summed E-state index contributed by atoms with van der Waals surface area (Å²) >= 11 is 0.847. The fourth-order valence-electron chi connectivity index (χ4n) is 0.855. The Labute approximate surface area is 111 Å². The van der Waals surface area contributed by atoms with Crippen LogP contribution in [0.2, 0.25) is 19.6 Å². The fraction of sp³-hybridized carbons (Fsp3) is 0.667. The Balaban J connectivity index is 0. The molecule has 15 heavy (non-hydrogen) atoms. The Bertz CT molecular complexity index is 220. The molecule has 1 atom stereocenters. The molecule has 0 aliphatic heterocycles. The van der Waals surface area contributed by atoms with Crippen LogP contribution in [0.3, 0.4) is 0 Å². The molecule has 0 aromatic heterocycles. The first-order chi connectivity index (χ1) is 6.95. The molecule has 0 heterocycles. The van der Waals surface area contributed by atoms with E-state index in [1.54, 1.807) is 0 Å². The van der Waals surface area contributed by atoms with E-state index in [1.807, 2.05) is 0 Å². The molecular weight excluding hydrogens is 273 g/mol. The van der Waals surface area contributed by atoms with E-state index >= 15 is 0 Å². The maximum atomic E-state index is 4.76. The molecule has 0 bridgehead atoms. The van der Waals surface area contributed by atoms with Crippen molar-refractivity contribution in [2.24, 2.45) is 5.92 Å². The molecule has 0 aromatic carbocycles. The van der Waals surface area contributed by atoms with Gasteiger partial charge in [-0.15, -0.1) is 11.5 Å². The van der Waals surface area contributed by atoms with Gasteiger partial charge in [0.2, 0.25) is 0 Å². The van der Waals surface area contributed by atoms with Gasteiger partial charge in [0.25, 0.3) is 0 Å². The number of hydrogen-bond donors (Lipinski definition) is 0. The van der Waals surface area contributed by atoms with Gasteiger partial charge >= 0.3 is 27.0 Å². The van der Waals surface area contributed by atoms with Crippen LogP contribution >= 0.6 is 9.69 Å². The Morgan fingerprint density at radius 3 is 2.33 bits per heavy atom. The van der Waals surface area contributed by atoms with Crippen molar-refractivity contribution < 1.29 is 17.3 Å². The van der Waals surface area contributed by atoms with Crippen molar-refractivity contribution in [2.45, 2.75) is 46.3 Å². The standard InChI is InChI=1S/C12H21Si.ClH.Zn/c1-6-7-9-12(2)10-8-11-13(3,4)5;;/h9,12H,6,10H2,1-5H3;1H;/q-1;;+2/p-1/t12-;;/m0../s1. The van der Waals surface area contributed by atoms with E-state index in [4.69, 9.17) is 9.69 Å². The van der Waals surface area contributed by atoms with E-state index in [-0.39, 0.29) is 0 Å². The van der Waals surface area contributed by atoms with Crippen LogP contribution in [0.5, 0.6) is 0 Å². The Kier molecular flexibility index (Phi) is 13.0. The van der Waals surface area contributed by atoms with Crippen molar-refractivity contribution >= 4 is 17.8 Å². The van der Waals surface area contributed by atoms with Crippen molar-refractivity contribution in [2.75, 3.05) is 0 Å². The molecule has 0 aliphatic carbocycles. The third-order valence-corrected chi connectivity index (χ3v) is 2.42. The van der Waals surface area contributed by atoms with Crippen molar-refractivity contribution in [3.8, 4) is 11.5 Å². The van der Waals surface area contributed by atoms with Crippen LogP contribution in [-0.2, 0) is 17.3 Å². The number of allylic oxidation sites excluding steroid dienone is 2. The topological polar surface area (TPSA) is 0 Å². The van der Waals surface area contributed by atoms with Gasteiger partial charge in [-0.3, -0.25) is 6.08 Å². The van der Waals surface area contributed by atoms with Gasteiger partial charge in [0.05, 0.1) is 0 Å². The van der Waals surface area contributed by atoms with Crippen molar-refractivity contribution in [1.29, 1.82) is 0 Å². The Morgan fingerprint density at radius 2 is 1.93 bits per heavy atom. The summed E-state index contributed by atoms with van der Waals surface area (Å²) in [6, 6.07) is 0. The van der Waals surface area contributed by atoms with Crippen molar-refractivity contribution in [3.05, 3.63) is 12.2 Å². The summed E-state index contributed by atoms with van der Waals surface area (Å²) in [4.78, 5) is 0. The van der Waals surface area contributed by atoms with Crippen LogP contribution < -0.4 is 0 Å². The van der Waals surface area contributed by atoms with E-state index in [0.29, 0.717) is 5.92 Å². The summed E-state index contributed by atoms with van der Waals surface area (Å²) in [7, 11) is 3.61. The van der Waals surface area contributed by atoms with E-state index in [2.05, 4.69) is 57.1 Å². The first kappa shape index (κ1) is 17.8. The molecule has 0 radical (unpaired) electrons. The zero-order valence-electron chi connectivity index (χ0n) is 10.7. The van der Waals surface area contributed by atoms with Crippen LogP contribution in [0.4, 0.5) is 0 Å². The van der Waals surface area contributed by atoms with E-state index in [1.165, 1.54) is 0 Å². The summed E-state index contributed by atoms with van der Waals surface area (Å²) in [6.45, 7) is 11.1. The second-order valence-electron chi connectivity index (χ2n) is 4.46. The van der Waals surface area contributed by atoms with Crippen LogP contribution in [0, 0.1) is 23.5 Å². The molecule has 3 heteroatoms. The summed E-state index contributed by atoms with van der Waals surface area (Å²) < 4.78 is 0. The molecule has 0 aromatic rings. The van der Waals surface area contributed by atoms with Crippen LogP contribution in [0.15, 0.2) is 6.08 Å². The first-order valence-corrected chi connectivity index (χ1v) is 12.7. The maximum absolute atomic E-state index is 4.76. The van der Waals surface area contributed by atoms with Crippen LogP contribution in [0.1, 0.15) is 26.7 Å². The molecule has 0 N–H and O–H groups in total. The fourth-order valence-corrected chi connectivity index (χ4v) is 1.49. The number of hydrogen-bond acceptors (Lipinski definition) is 0. The van der Waals surface area contributed by atoms with Gasteiger partial charge in [0.1, 0.15) is 8.07 Å². The molecular formula is C12H21ClSiZn. The summed E-state index contributed by atoms with van der Waals surface area (Å²) in [5.74, 6) is 3.83. The minimum absolute atomic E-state index is 0.559. The molecule has 0 spiro atoms. The molecule has 0 saturated carbocycles. The monoisotopic (exact) mass is 292 g/mol. The van der Waals surface area contributed by atoms with E-state index in [9.17, 15) is 0 Å². The van der Waals surface area contributed by atoms with Gasteiger partial charge in [0.15, 0.2) is 0 Å². The van der Waals surface area contributed by atoms with Crippen LogP contribution in [-0.4, -0.2) is 8.07 Å². The average Bonchev–Trinajstić information content (AvgIpc) is 2.16. The Hall–Kier alpha value is 0.430. The molecule has 0 aliphatic rings. The van der Waals surface area contributed by atoms with Gasteiger partial charge in [-0.05, 0) is 5.92 Å². The molecule has 0 nitrogen and oxygen atoms in total. The van der Waals surface area contributed by atoms with Crippen LogP contribution in [0.25, 0.3) is 0 Å². The second kappa shape index (κ2) is 10.9. The molecule has 0 rings (SSSR count). The zero-order valence-corrected chi connectivity index (χ0v) is 15.4. The summed E-state index contributed by atoms with van der Waals surface area (Å²) in [5.41, 5.74) is 3.37. The number of halogens is 1. The van der Waals surface area contributed by atoms with Gasteiger partial charge in [0, 0.05) is 6.42 Å². The predicted octanol–water partition coefficient (Wildman–Crippen LogP) is 4.35. The van der Waals surface area contributed by atoms with E-state index < -0.39 is 8.07 Å². The predicted molar refractivity (Wildman–Crippen MR) is 68.9 cm³/mol. The normalized spacial score (nSPS) is 12.5. The number of rotatable bonds is 3. The molecule has 82 valence electrons. The third kappa shape index (κ3) is 17.1. The Morgan fingerprint density at radius 1 is 1.40 bits per heavy atom. The minimum atomic E-state index is -1.15. The van der Waals surface area contributed by atoms with Gasteiger partial charge in [-0.2, -0.15) is 6.42 Å². The van der Waals surface area contributed by atoms with Gasteiger partial charge < -0.3 is 6.08 Å². The first-order valence-electron chi connectivity index (χ1n) is 5.29. The molecule has 0 fully saturated rings. The van der Waals surface area contributed by atoms with Crippen molar-refractivity contribution in [3.63, 3.8) is 0 Å². The second-order valence-corrected chi connectivity index (χ2v) is 9.21. The molecule has 0 amide bonds. The third-order valence-electron chi connectivity index (χ3n) is 1.49. The zero-order chi connectivity index (χ0) is 12.3. The van der Waals surface area contributed by atoms with Crippen molar-refractivity contribution in [1.82, 2.24) is 0 Å². The van der Waals surface area contributed by atoms with Gasteiger partial charge in [-0.1, -0.05) is 33.5 Å². The SMILES string of the molecule is CC[C-]=C[C@H](C)CC#C[Si](C)(C)C.[Cl][Zn+]. The summed E-state index contributed by atoms with van der Waals surface area (Å²) in [6.07, 6.45) is 7.34. The van der Waals surface area contributed by atoms with E-state index in [0.717, 1.165) is 30.2 Å². The molecule has 0 saturated heterocycles. The molecule has 0 unspecified atom stereocenters. The summed E-state index contributed by atoms with van der Waals surface area (Å²) in [5, 5.41) is 0. The quantitative estimate of drug-likeness (QED) is 0.412. The van der Waals surface area contributed by atoms with Gasteiger partial charge in [-0.25, -0.2) is 0 Å².